The van der Waals surface area contributed by atoms with Gasteiger partial charge in [-0.1, -0.05) is 13.0 Å². The zero-order valence-corrected chi connectivity index (χ0v) is 10.7. The van der Waals surface area contributed by atoms with Gasteiger partial charge in [0.15, 0.2) is 0 Å². The fraction of sp³-hybridized carbons (Fsp3) is 0.533. The number of aromatic amines is 1. The van der Waals surface area contributed by atoms with Crippen molar-refractivity contribution in [3.63, 3.8) is 0 Å². The molecule has 2 N–H and O–H groups in total. The predicted molar refractivity (Wildman–Crippen MR) is 72.8 cm³/mol. The number of aromatic nitrogens is 2. The smallest absolute Gasteiger partial charge is 0.111 e. The average molecular weight is 241 g/mol. The third-order valence-electron chi connectivity index (χ3n) is 4.62. The fourth-order valence-corrected chi connectivity index (χ4v) is 3.60. The SMILES string of the molecule is CCc1ccc2nc(C3CC4CCC3N4)[nH]c2c1. The molecule has 4 rings (SSSR count). The molecular formula is C15H19N3. The van der Waals surface area contributed by atoms with Gasteiger partial charge in [-0.05, 0) is 43.4 Å². The number of rotatable bonds is 2. The fourth-order valence-electron chi connectivity index (χ4n) is 3.60. The minimum Gasteiger partial charge on any atom is -0.342 e. The van der Waals surface area contributed by atoms with E-state index in [2.05, 4.69) is 35.4 Å². The monoisotopic (exact) mass is 241 g/mol. The summed E-state index contributed by atoms with van der Waals surface area (Å²) in [5, 5.41) is 3.68. The molecule has 2 saturated heterocycles. The summed E-state index contributed by atoms with van der Waals surface area (Å²) in [5.41, 5.74) is 3.70. The van der Waals surface area contributed by atoms with Crippen LogP contribution in [0.15, 0.2) is 18.2 Å². The number of H-pyrrole nitrogens is 1. The van der Waals surface area contributed by atoms with E-state index in [0.29, 0.717) is 12.0 Å². The molecule has 1 aromatic carbocycles. The molecule has 0 spiro atoms. The minimum absolute atomic E-state index is 0.598. The number of aryl methyl sites for hydroxylation is 1. The van der Waals surface area contributed by atoms with E-state index in [0.717, 1.165) is 18.0 Å². The van der Waals surface area contributed by atoms with Crippen LogP contribution in [-0.2, 0) is 6.42 Å². The Labute approximate surface area is 107 Å². The van der Waals surface area contributed by atoms with Gasteiger partial charge in [0.1, 0.15) is 5.82 Å². The molecule has 0 saturated carbocycles. The molecule has 2 aliphatic heterocycles. The number of hydrogen-bond acceptors (Lipinski definition) is 2. The maximum atomic E-state index is 4.79. The van der Waals surface area contributed by atoms with Crippen molar-refractivity contribution < 1.29 is 0 Å². The van der Waals surface area contributed by atoms with Crippen LogP contribution in [0.4, 0.5) is 0 Å². The molecule has 3 nitrogen and oxygen atoms in total. The third kappa shape index (κ3) is 1.50. The van der Waals surface area contributed by atoms with Crippen molar-refractivity contribution in [3.8, 4) is 0 Å². The molecule has 3 atom stereocenters. The second kappa shape index (κ2) is 3.82. The first-order chi connectivity index (χ1) is 8.83. The van der Waals surface area contributed by atoms with E-state index in [1.54, 1.807) is 0 Å². The van der Waals surface area contributed by atoms with Gasteiger partial charge in [-0.15, -0.1) is 0 Å². The van der Waals surface area contributed by atoms with Crippen LogP contribution >= 0.6 is 0 Å². The minimum atomic E-state index is 0.598. The lowest BCUT2D eigenvalue weighted by molar-refractivity contribution is 0.491. The zero-order valence-electron chi connectivity index (χ0n) is 10.7. The predicted octanol–water partition coefficient (Wildman–Crippen LogP) is 2.73. The van der Waals surface area contributed by atoms with Crippen LogP contribution in [0.25, 0.3) is 11.0 Å². The second-order valence-corrected chi connectivity index (χ2v) is 5.72. The molecule has 3 heteroatoms. The van der Waals surface area contributed by atoms with E-state index in [9.17, 15) is 0 Å². The highest BCUT2D eigenvalue weighted by Gasteiger charge is 2.41. The average Bonchev–Trinajstić information content (AvgIpc) is 3.11. The summed E-state index contributed by atoms with van der Waals surface area (Å²) < 4.78 is 0. The topological polar surface area (TPSA) is 40.7 Å². The normalized spacial score (nSPS) is 30.4. The summed E-state index contributed by atoms with van der Waals surface area (Å²) in [7, 11) is 0. The van der Waals surface area contributed by atoms with Gasteiger partial charge in [-0.3, -0.25) is 0 Å². The van der Waals surface area contributed by atoms with E-state index in [1.807, 2.05) is 0 Å². The number of nitrogens with one attached hydrogen (secondary N) is 2. The molecule has 2 fully saturated rings. The quantitative estimate of drug-likeness (QED) is 0.848. The van der Waals surface area contributed by atoms with E-state index in [-0.39, 0.29) is 0 Å². The molecule has 2 aromatic rings. The van der Waals surface area contributed by atoms with Gasteiger partial charge in [0, 0.05) is 18.0 Å². The van der Waals surface area contributed by atoms with Gasteiger partial charge in [0.05, 0.1) is 11.0 Å². The lowest BCUT2D eigenvalue weighted by Crippen LogP contribution is -2.22. The Hall–Kier alpha value is -1.35. The molecule has 94 valence electrons. The summed E-state index contributed by atoms with van der Waals surface area (Å²) in [6, 6.07) is 7.97. The Balaban J connectivity index is 1.73. The summed E-state index contributed by atoms with van der Waals surface area (Å²) >= 11 is 0. The first-order valence-electron chi connectivity index (χ1n) is 7.08. The lowest BCUT2D eigenvalue weighted by atomic mass is 9.89. The highest BCUT2D eigenvalue weighted by molar-refractivity contribution is 5.76. The van der Waals surface area contributed by atoms with Crippen molar-refractivity contribution in [2.45, 2.75) is 50.6 Å². The molecular weight excluding hydrogens is 222 g/mol. The summed E-state index contributed by atoms with van der Waals surface area (Å²) in [6.45, 7) is 2.19. The maximum absolute atomic E-state index is 4.79. The third-order valence-corrected chi connectivity index (χ3v) is 4.62. The molecule has 3 unspecified atom stereocenters. The Kier molecular flexibility index (Phi) is 2.24. The summed E-state index contributed by atoms with van der Waals surface area (Å²) in [5.74, 6) is 1.79. The van der Waals surface area contributed by atoms with E-state index < -0.39 is 0 Å². The van der Waals surface area contributed by atoms with Crippen LogP contribution in [0.3, 0.4) is 0 Å². The molecule has 0 radical (unpaired) electrons. The van der Waals surface area contributed by atoms with Crippen LogP contribution in [0.1, 0.15) is 43.5 Å². The zero-order chi connectivity index (χ0) is 12.1. The van der Waals surface area contributed by atoms with Crippen molar-refractivity contribution in [3.05, 3.63) is 29.6 Å². The van der Waals surface area contributed by atoms with Crippen LogP contribution in [0.2, 0.25) is 0 Å². The molecule has 2 bridgehead atoms. The molecule has 18 heavy (non-hydrogen) atoms. The van der Waals surface area contributed by atoms with Crippen LogP contribution in [0.5, 0.6) is 0 Å². The molecule has 1 aromatic heterocycles. The highest BCUT2D eigenvalue weighted by Crippen LogP contribution is 2.39. The standard InChI is InChI=1S/C15H19N3/c1-2-9-3-5-13-14(7-9)18-15(17-13)11-8-10-4-6-12(11)16-10/h3,5,7,10-12,16H,2,4,6,8H2,1H3,(H,17,18). The molecule has 3 heterocycles. The van der Waals surface area contributed by atoms with Crippen molar-refractivity contribution in [2.75, 3.05) is 0 Å². The van der Waals surface area contributed by atoms with E-state index in [4.69, 9.17) is 4.98 Å². The molecule has 2 aliphatic rings. The number of imidazole rings is 1. The van der Waals surface area contributed by atoms with Gasteiger partial charge in [0.25, 0.3) is 0 Å². The van der Waals surface area contributed by atoms with Gasteiger partial charge >= 0.3 is 0 Å². The number of benzene rings is 1. The number of fused-ring (bicyclic) bond motifs is 3. The van der Waals surface area contributed by atoms with Gasteiger partial charge in [-0.25, -0.2) is 4.98 Å². The lowest BCUT2D eigenvalue weighted by Gasteiger charge is -2.17. The maximum Gasteiger partial charge on any atom is 0.111 e. The molecule has 0 amide bonds. The first kappa shape index (κ1) is 10.6. The highest BCUT2D eigenvalue weighted by atomic mass is 15.1. The second-order valence-electron chi connectivity index (χ2n) is 5.72. The van der Waals surface area contributed by atoms with E-state index >= 15 is 0 Å². The van der Waals surface area contributed by atoms with Crippen molar-refractivity contribution in [2.24, 2.45) is 0 Å². The van der Waals surface area contributed by atoms with Gasteiger partial charge in [0.2, 0.25) is 0 Å². The summed E-state index contributed by atoms with van der Waals surface area (Å²) in [4.78, 5) is 8.34. The van der Waals surface area contributed by atoms with E-state index in [1.165, 1.54) is 36.2 Å². The van der Waals surface area contributed by atoms with Crippen molar-refractivity contribution >= 4 is 11.0 Å². The number of hydrogen-bond donors (Lipinski definition) is 2. The Bertz CT molecular complexity index is 586. The number of nitrogens with zero attached hydrogens (tertiary/aromatic N) is 1. The van der Waals surface area contributed by atoms with Crippen LogP contribution in [0, 0.1) is 0 Å². The summed E-state index contributed by atoms with van der Waals surface area (Å²) in [6.07, 6.45) is 5.00. The van der Waals surface area contributed by atoms with Crippen molar-refractivity contribution in [1.82, 2.24) is 15.3 Å². The van der Waals surface area contributed by atoms with Crippen molar-refractivity contribution in [1.29, 1.82) is 0 Å². The molecule has 0 aliphatic carbocycles. The first-order valence-corrected chi connectivity index (χ1v) is 7.08. The Morgan fingerprint density at radius 3 is 3.00 bits per heavy atom. The largest absolute Gasteiger partial charge is 0.342 e. The van der Waals surface area contributed by atoms with Gasteiger partial charge < -0.3 is 10.3 Å². The van der Waals surface area contributed by atoms with Crippen LogP contribution < -0.4 is 5.32 Å². The van der Waals surface area contributed by atoms with Gasteiger partial charge in [-0.2, -0.15) is 0 Å². The van der Waals surface area contributed by atoms with Crippen LogP contribution in [-0.4, -0.2) is 22.1 Å². The Morgan fingerprint density at radius 1 is 1.33 bits per heavy atom. The Morgan fingerprint density at radius 2 is 2.28 bits per heavy atom.